The summed E-state index contributed by atoms with van der Waals surface area (Å²) in [4.78, 5) is 16.8. The van der Waals surface area contributed by atoms with Crippen LogP contribution in [0, 0.1) is 0 Å². The molecular weight excluding hydrogens is 302 g/mol. The van der Waals surface area contributed by atoms with Crippen molar-refractivity contribution in [3.8, 4) is 5.75 Å². The molecule has 1 amide bonds. The van der Waals surface area contributed by atoms with Gasteiger partial charge in [-0.05, 0) is 31.8 Å². The molecule has 5 nitrogen and oxygen atoms in total. The SMILES string of the molecule is CN(C)CCN1C(=O)C(Cc2ccccc2)Oc2cc(N)ccc21. The van der Waals surface area contributed by atoms with Crippen molar-refractivity contribution in [3.63, 3.8) is 0 Å². The molecule has 126 valence electrons. The molecule has 0 radical (unpaired) electrons. The fourth-order valence-corrected chi connectivity index (χ4v) is 2.83. The van der Waals surface area contributed by atoms with Crippen molar-refractivity contribution < 1.29 is 9.53 Å². The van der Waals surface area contributed by atoms with Crippen molar-refractivity contribution in [3.05, 3.63) is 54.1 Å². The highest BCUT2D eigenvalue weighted by atomic mass is 16.5. The van der Waals surface area contributed by atoms with Gasteiger partial charge in [-0.2, -0.15) is 0 Å². The number of benzene rings is 2. The molecule has 24 heavy (non-hydrogen) atoms. The highest BCUT2D eigenvalue weighted by molar-refractivity contribution is 6.00. The van der Waals surface area contributed by atoms with Crippen molar-refractivity contribution >= 4 is 17.3 Å². The molecule has 0 saturated heterocycles. The lowest BCUT2D eigenvalue weighted by atomic mass is 10.0. The van der Waals surface area contributed by atoms with E-state index in [9.17, 15) is 4.79 Å². The highest BCUT2D eigenvalue weighted by Gasteiger charge is 2.34. The van der Waals surface area contributed by atoms with Gasteiger partial charge in [0.15, 0.2) is 6.10 Å². The Hall–Kier alpha value is -2.53. The summed E-state index contributed by atoms with van der Waals surface area (Å²) in [5.74, 6) is 0.673. The Bertz CT molecular complexity index is 716. The minimum atomic E-state index is -0.524. The molecular formula is C19H23N3O2. The van der Waals surface area contributed by atoms with Gasteiger partial charge in [-0.15, -0.1) is 0 Å². The standard InChI is InChI=1S/C19H23N3O2/c1-21(2)10-11-22-16-9-8-15(20)13-17(16)24-18(19(22)23)12-14-6-4-3-5-7-14/h3-9,13,18H,10-12,20H2,1-2H3. The van der Waals surface area contributed by atoms with E-state index in [1.165, 1.54) is 0 Å². The lowest BCUT2D eigenvalue weighted by Crippen LogP contribution is -2.49. The monoisotopic (exact) mass is 325 g/mol. The van der Waals surface area contributed by atoms with E-state index >= 15 is 0 Å². The molecule has 0 aliphatic carbocycles. The number of nitrogens with two attached hydrogens (primary N) is 1. The molecule has 0 aromatic heterocycles. The zero-order chi connectivity index (χ0) is 17.1. The van der Waals surface area contributed by atoms with Crippen LogP contribution < -0.4 is 15.4 Å². The third-order valence-electron chi connectivity index (χ3n) is 4.12. The summed E-state index contributed by atoms with van der Waals surface area (Å²) >= 11 is 0. The van der Waals surface area contributed by atoms with Crippen LogP contribution in [0.15, 0.2) is 48.5 Å². The van der Waals surface area contributed by atoms with Gasteiger partial charge in [-0.1, -0.05) is 30.3 Å². The van der Waals surface area contributed by atoms with Gasteiger partial charge in [0, 0.05) is 31.3 Å². The Balaban J connectivity index is 1.88. The number of ether oxygens (including phenoxy) is 1. The van der Waals surface area contributed by atoms with Gasteiger partial charge in [0.25, 0.3) is 5.91 Å². The largest absolute Gasteiger partial charge is 0.478 e. The fourth-order valence-electron chi connectivity index (χ4n) is 2.83. The van der Waals surface area contributed by atoms with Crippen molar-refractivity contribution in [1.29, 1.82) is 0 Å². The quantitative estimate of drug-likeness (QED) is 0.856. The van der Waals surface area contributed by atoms with E-state index in [0.29, 0.717) is 24.4 Å². The zero-order valence-electron chi connectivity index (χ0n) is 14.1. The van der Waals surface area contributed by atoms with Crippen LogP contribution in [0.3, 0.4) is 0 Å². The number of amides is 1. The first kappa shape index (κ1) is 16.3. The van der Waals surface area contributed by atoms with Gasteiger partial charge in [0.1, 0.15) is 5.75 Å². The van der Waals surface area contributed by atoms with Crippen LogP contribution in [0.25, 0.3) is 0 Å². The van der Waals surface area contributed by atoms with Crippen molar-refractivity contribution in [2.24, 2.45) is 0 Å². The minimum Gasteiger partial charge on any atom is -0.478 e. The summed E-state index contributed by atoms with van der Waals surface area (Å²) < 4.78 is 5.98. The maximum absolute atomic E-state index is 12.9. The summed E-state index contributed by atoms with van der Waals surface area (Å²) in [6, 6.07) is 15.4. The number of carbonyl (C=O) groups is 1. The van der Waals surface area contributed by atoms with Gasteiger partial charge < -0.3 is 20.3 Å². The molecule has 3 rings (SSSR count). The van der Waals surface area contributed by atoms with Crippen LogP contribution in [0.2, 0.25) is 0 Å². The third kappa shape index (κ3) is 3.51. The molecule has 2 aromatic rings. The second kappa shape index (κ2) is 6.93. The molecule has 0 bridgehead atoms. The van der Waals surface area contributed by atoms with Gasteiger partial charge in [0.05, 0.1) is 5.69 Å². The topological polar surface area (TPSA) is 58.8 Å². The van der Waals surface area contributed by atoms with Crippen LogP contribution in [-0.4, -0.2) is 44.1 Å². The van der Waals surface area contributed by atoms with Crippen LogP contribution in [0.4, 0.5) is 11.4 Å². The Morgan fingerprint density at radius 1 is 1.17 bits per heavy atom. The Morgan fingerprint density at radius 2 is 1.92 bits per heavy atom. The second-order valence-corrected chi connectivity index (χ2v) is 6.32. The van der Waals surface area contributed by atoms with Crippen molar-refractivity contribution in [1.82, 2.24) is 4.90 Å². The number of hydrogen-bond donors (Lipinski definition) is 1. The maximum atomic E-state index is 12.9. The first-order valence-electron chi connectivity index (χ1n) is 8.11. The number of nitrogens with zero attached hydrogens (tertiary/aromatic N) is 2. The molecule has 2 N–H and O–H groups in total. The maximum Gasteiger partial charge on any atom is 0.268 e. The normalized spacial score (nSPS) is 16.9. The Labute approximate surface area is 142 Å². The first-order chi connectivity index (χ1) is 11.5. The molecule has 5 heteroatoms. The number of fused-ring (bicyclic) bond motifs is 1. The predicted molar refractivity (Wildman–Crippen MR) is 96.3 cm³/mol. The second-order valence-electron chi connectivity index (χ2n) is 6.32. The van der Waals surface area contributed by atoms with E-state index in [1.54, 1.807) is 12.1 Å². The van der Waals surface area contributed by atoms with Gasteiger partial charge in [-0.25, -0.2) is 0 Å². The number of hydrogen-bond acceptors (Lipinski definition) is 4. The third-order valence-corrected chi connectivity index (χ3v) is 4.12. The number of carbonyl (C=O) groups excluding carboxylic acids is 1. The van der Waals surface area contributed by atoms with Crippen LogP contribution in [0.5, 0.6) is 5.75 Å². The van der Waals surface area contributed by atoms with Crippen molar-refractivity contribution in [2.75, 3.05) is 37.8 Å². The lowest BCUT2D eigenvalue weighted by molar-refractivity contribution is -0.126. The molecule has 0 fully saturated rings. The smallest absolute Gasteiger partial charge is 0.268 e. The summed E-state index contributed by atoms with van der Waals surface area (Å²) in [6.07, 6.45) is 0.0238. The molecule has 0 saturated carbocycles. The highest BCUT2D eigenvalue weighted by Crippen LogP contribution is 2.36. The zero-order valence-corrected chi connectivity index (χ0v) is 14.1. The van der Waals surface area contributed by atoms with Gasteiger partial charge in [-0.3, -0.25) is 4.79 Å². The predicted octanol–water partition coefficient (Wildman–Crippen LogP) is 2.17. The van der Waals surface area contributed by atoms with E-state index < -0.39 is 6.10 Å². The molecule has 2 aromatic carbocycles. The first-order valence-corrected chi connectivity index (χ1v) is 8.11. The van der Waals surface area contributed by atoms with Crippen LogP contribution in [-0.2, 0) is 11.2 Å². The minimum absolute atomic E-state index is 0.00188. The van der Waals surface area contributed by atoms with E-state index in [0.717, 1.165) is 17.8 Å². The summed E-state index contributed by atoms with van der Waals surface area (Å²) in [6.45, 7) is 1.41. The number of anilines is 2. The van der Waals surface area contributed by atoms with Crippen LogP contribution >= 0.6 is 0 Å². The molecule has 1 aliphatic heterocycles. The Morgan fingerprint density at radius 3 is 2.62 bits per heavy atom. The van der Waals surface area contributed by atoms with Gasteiger partial charge >= 0.3 is 0 Å². The Kier molecular flexibility index (Phi) is 4.71. The van der Waals surface area contributed by atoms with Gasteiger partial charge in [0.2, 0.25) is 0 Å². The van der Waals surface area contributed by atoms with E-state index in [1.807, 2.05) is 55.4 Å². The number of nitrogen functional groups attached to an aromatic ring is 1. The average Bonchev–Trinajstić information content (AvgIpc) is 2.56. The molecule has 1 aliphatic rings. The number of likely N-dealkylation sites (N-methyl/N-ethyl adjacent to an activating group) is 1. The van der Waals surface area contributed by atoms with E-state index in [2.05, 4.69) is 4.90 Å². The number of rotatable bonds is 5. The molecule has 0 spiro atoms. The van der Waals surface area contributed by atoms with E-state index in [-0.39, 0.29) is 5.91 Å². The molecule has 1 atom stereocenters. The summed E-state index contributed by atoms with van der Waals surface area (Å²) in [5.41, 5.74) is 8.40. The summed E-state index contributed by atoms with van der Waals surface area (Å²) in [5, 5.41) is 0. The molecule has 1 unspecified atom stereocenters. The molecule has 1 heterocycles. The van der Waals surface area contributed by atoms with Crippen LogP contribution in [0.1, 0.15) is 5.56 Å². The fraction of sp³-hybridized carbons (Fsp3) is 0.316. The lowest BCUT2D eigenvalue weighted by Gasteiger charge is -2.35. The summed E-state index contributed by atoms with van der Waals surface area (Å²) in [7, 11) is 3.99. The van der Waals surface area contributed by atoms with Crippen molar-refractivity contribution in [2.45, 2.75) is 12.5 Å². The van der Waals surface area contributed by atoms with E-state index in [4.69, 9.17) is 10.5 Å². The average molecular weight is 325 g/mol.